The summed E-state index contributed by atoms with van der Waals surface area (Å²) in [4.78, 5) is 38.0. The molecule has 0 saturated carbocycles. The van der Waals surface area contributed by atoms with Crippen LogP contribution in [-0.2, 0) is 28.6 Å². The minimum atomic E-state index is -0.813. The summed E-state index contributed by atoms with van der Waals surface area (Å²) in [6.45, 7) is 6.46. The fourth-order valence-corrected chi connectivity index (χ4v) is 7.60. The van der Waals surface area contributed by atoms with Crippen LogP contribution in [-0.4, -0.2) is 37.2 Å². The molecular formula is C59H102O6. The van der Waals surface area contributed by atoms with Crippen molar-refractivity contribution in [2.24, 2.45) is 0 Å². The maximum absolute atomic E-state index is 12.8. The number of allylic oxidation sites excluding steroid dienone is 12. The standard InChI is InChI=1S/C59H102O6/c1-4-7-10-13-16-19-22-25-26-27-28-29-30-31-32-35-37-40-43-46-49-52-58(61)64-55-56(65-59(62)53-50-47-44-41-38-34-24-21-18-15-12-9-6-3)54-63-57(60)51-48-45-42-39-36-33-23-20-17-14-11-8-5-2/h9,12,18,21-22,25,27-28,34,38,44,47,56H,4-8,10-11,13-17,19-20,23-24,26,29-33,35-37,39-43,45-46,48-55H2,1-3H3/b12-9-,21-18-,25-22-,28-27-,38-34-,47-44-. The van der Waals surface area contributed by atoms with Crippen molar-refractivity contribution in [1.29, 1.82) is 0 Å². The van der Waals surface area contributed by atoms with Crippen LogP contribution in [0, 0.1) is 0 Å². The lowest BCUT2D eigenvalue weighted by atomic mass is 10.0. The van der Waals surface area contributed by atoms with Crippen LogP contribution in [0.4, 0.5) is 0 Å². The summed E-state index contributed by atoms with van der Waals surface area (Å²) in [5.74, 6) is -0.984. The topological polar surface area (TPSA) is 78.9 Å². The van der Waals surface area contributed by atoms with Gasteiger partial charge in [-0.1, -0.05) is 241 Å². The van der Waals surface area contributed by atoms with Gasteiger partial charge >= 0.3 is 17.9 Å². The van der Waals surface area contributed by atoms with Crippen molar-refractivity contribution < 1.29 is 28.6 Å². The van der Waals surface area contributed by atoms with E-state index in [0.29, 0.717) is 19.3 Å². The molecule has 0 N–H and O–H groups in total. The minimum Gasteiger partial charge on any atom is -0.462 e. The summed E-state index contributed by atoms with van der Waals surface area (Å²) in [5, 5.41) is 0. The molecule has 0 bridgehead atoms. The Morgan fingerprint density at radius 3 is 1.00 bits per heavy atom. The zero-order chi connectivity index (χ0) is 47.2. The molecule has 0 radical (unpaired) electrons. The van der Waals surface area contributed by atoms with E-state index in [1.54, 1.807) is 0 Å². The predicted octanol–water partition coefficient (Wildman–Crippen LogP) is 18.2. The molecule has 0 aliphatic heterocycles. The van der Waals surface area contributed by atoms with Gasteiger partial charge in [0.15, 0.2) is 6.10 Å². The van der Waals surface area contributed by atoms with Gasteiger partial charge in [-0.15, -0.1) is 0 Å². The molecule has 0 fully saturated rings. The van der Waals surface area contributed by atoms with Crippen molar-refractivity contribution in [3.63, 3.8) is 0 Å². The first-order valence-corrected chi connectivity index (χ1v) is 27.4. The Kier molecular flexibility index (Phi) is 50.9. The second kappa shape index (κ2) is 53.5. The molecule has 0 amide bonds. The van der Waals surface area contributed by atoms with Crippen LogP contribution in [0.15, 0.2) is 72.9 Å². The first-order valence-electron chi connectivity index (χ1n) is 27.4. The molecule has 0 aromatic carbocycles. The molecule has 0 saturated heterocycles. The van der Waals surface area contributed by atoms with Crippen LogP contribution in [0.25, 0.3) is 0 Å². The molecule has 0 rings (SSSR count). The summed E-state index contributed by atoms with van der Waals surface area (Å²) < 4.78 is 16.7. The van der Waals surface area contributed by atoms with Crippen LogP contribution < -0.4 is 0 Å². The van der Waals surface area contributed by atoms with Crippen LogP contribution in [0.2, 0.25) is 0 Å². The SMILES string of the molecule is CC/C=C\C/C=C\C/C=C\C/C=C\CCC(=O)OC(COC(=O)CCCCCCCCCCC/C=C\C/C=C\CCCCCCC)COC(=O)CCCCCCCCCCCCCCC. The molecule has 374 valence electrons. The van der Waals surface area contributed by atoms with E-state index in [1.807, 2.05) is 12.2 Å². The summed E-state index contributed by atoms with van der Waals surface area (Å²) in [6.07, 6.45) is 67.6. The minimum absolute atomic E-state index is 0.103. The Bertz CT molecular complexity index is 1230. The highest BCUT2D eigenvalue weighted by atomic mass is 16.6. The summed E-state index contributed by atoms with van der Waals surface area (Å²) >= 11 is 0. The number of rotatable bonds is 49. The molecule has 6 nitrogen and oxygen atoms in total. The summed E-state index contributed by atoms with van der Waals surface area (Å²) in [6, 6.07) is 0. The van der Waals surface area contributed by atoms with Gasteiger partial charge in [0, 0.05) is 19.3 Å². The van der Waals surface area contributed by atoms with Gasteiger partial charge in [-0.25, -0.2) is 0 Å². The van der Waals surface area contributed by atoms with E-state index in [0.717, 1.165) is 70.6 Å². The zero-order valence-corrected chi connectivity index (χ0v) is 42.7. The molecular weight excluding hydrogens is 805 g/mol. The van der Waals surface area contributed by atoms with E-state index in [9.17, 15) is 14.4 Å². The highest BCUT2D eigenvalue weighted by Gasteiger charge is 2.19. The Labute approximate surface area is 402 Å². The largest absolute Gasteiger partial charge is 0.462 e. The molecule has 0 aliphatic rings. The summed E-state index contributed by atoms with van der Waals surface area (Å²) in [5.41, 5.74) is 0. The molecule has 0 aromatic heterocycles. The van der Waals surface area contributed by atoms with E-state index in [2.05, 4.69) is 81.5 Å². The number of hydrogen-bond donors (Lipinski definition) is 0. The number of hydrogen-bond acceptors (Lipinski definition) is 6. The van der Waals surface area contributed by atoms with Crippen molar-refractivity contribution in [1.82, 2.24) is 0 Å². The smallest absolute Gasteiger partial charge is 0.306 e. The second-order valence-corrected chi connectivity index (χ2v) is 18.1. The van der Waals surface area contributed by atoms with Gasteiger partial charge in [0.05, 0.1) is 0 Å². The Morgan fingerprint density at radius 1 is 0.323 bits per heavy atom. The van der Waals surface area contributed by atoms with Crippen molar-refractivity contribution >= 4 is 17.9 Å². The van der Waals surface area contributed by atoms with E-state index < -0.39 is 6.10 Å². The molecule has 0 aliphatic carbocycles. The third-order valence-electron chi connectivity index (χ3n) is 11.7. The summed E-state index contributed by atoms with van der Waals surface area (Å²) in [7, 11) is 0. The molecule has 0 aromatic rings. The number of ether oxygens (including phenoxy) is 3. The van der Waals surface area contributed by atoms with Crippen molar-refractivity contribution in [3.05, 3.63) is 72.9 Å². The maximum Gasteiger partial charge on any atom is 0.306 e. The highest BCUT2D eigenvalue weighted by molar-refractivity contribution is 5.71. The highest BCUT2D eigenvalue weighted by Crippen LogP contribution is 2.15. The fraction of sp³-hybridized carbons (Fsp3) is 0.746. The normalized spacial score (nSPS) is 12.6. The monoisotopic (exact) mass is 907 g/mol. The Morgan fingerprint density at radius 2 is 0.631 bits per heavy atom. The molecule has 0 heterocycles. The molecule has 0 spiro atoms. The van der Waals surface area contributed by atoms with Crippen LogP contribution in [0.1, 0.15) is 265 Å². The van der Waals surface area contributed by atoms with Crippen LogP contribution in [0.3, 0.4) is 0 Å². The first-order chi connectivity index (χ1) is 32.0. The van der Waals surface area contributed by atoms with Gasteiger partial charge in [-0.3, -0.25) is 14.4 Å². The molecule has 1 unspecified atom stereocenters. The third-order valence-corrected chi connectivity index (χ3v) is 11.7. The maximum atomic E-state index is 12.8. The van der Waals surface area contributed by atoms with Crippen LogP contribution in [0.5, 0.6) is 0 Å². The number of esters is 3. The Hall–Kier alpha value is -3.15. The lowest BCUT2D eigenvalue weighted by Gasteiger charge is -2.18. The van der Waals surface area contributed by atoms with Gasteiger partial charge < -0.3 is 14.2 Å². The number of carbonyl (C=O) groups is 3. The average Bonchev–Trinajstić information content (AvgIpc) is 3.30. The molecule has 1 atom stereocenters. The van der Waals surface area contributed by atoms with Crippen molar-refractivity contribution in [2.75, 3.05) is 13.2 Å². The van der Waals surface area contributed by atoms with E-state index >= 15 is 0 Å². The van der Waals surface area contributed by atoms with E-state index in [-0.39, 0.29) is 37.5 Å². The fourth-order valence-electron chi connectivity index (χ4n) is 7.60. The van der Waals surface area contributed by atoms with Gasteiger partial charge in [-0.05, 0) is 77.0 Å². The zero-order valence-electron chi connectivity index (χ0n) is 42.7. The molecule has 6 heteroatoms. The second-order valence-electron chi connectivity index (χ2n) is 18.1. The number of carbonyl (C=O) groups excluding carboxylic acids is 3. The van der Waals surface area contributed by atoms with Crippen LogP contribution >= 0.6 is 0 Å². The van der Waals surface area contributed by atoms with Gasteiger partial charge in [0.1, 0.15) is 13.2 Å². The van der Waals surface area contributed by atoms with E-state index in [1.165, 1.54) is 148 Å². The molecule has 65 heavy (non-hydrogen) atoms. The predicted molar refractivity (Wildman–Crippen MR) is 279 cm³/mol. The van der Waals surface area contributed by atoms with Gasteiger partial charge in [0.25, 0.3) is 0 Å². The average molecular weight is 907 g/mol. The third kappa shape index (κ3) is 51.7. The van der Waals surface area contributed by atoms with E-state index in [4.69, 9.17) is 14.2 Å². The number of unbranched alkanes of at least 4 members (excludes halogenated alkanes) is 26. The van der Waals surface area contributed by atoms with Crippen molar-refractivity contribution in [2.45, 2.75) is 271 Å². The Balaban J connectivity index is 4.38. The quantitative estimate of drug-likeness (QED) is 0.0262. The first kappa shape index (κ1) is 61.9. The lowest BCUT2D eigenvalue weighted by molar-refractivity contribution is -0.166. The van der Waals surface area contributed by atoms with Gasteiger partial charge in [-0.2, -0.15) is 0 Å². The van der Waals surface area contributed by atoms with Gasteiger partial charge in [0.2, 0.25) is 0 Å². The lowest BCUT2D eigenvalue weighted by Crippen LogP contribution is -2.30. The van der Waals surface area contributed by atoms with Crippen molar-refractivity contribution in [3.8, 4) is 0 Å².